The summed E-state index contributed by atoms with van der Waals surface area (Å²) >= 11 is 0. The highest BCUT2D eigenvalue weighted by atomic mass is 32.2. The molecule has 2 aromatic rings. The van der Waals surface area contributed by atoms with Gasteiger partial charge in [-0.05, 0) is 25.1 Å². The maximum absolute atomic E-state index is 12.2. The van der Waals surface area contributed by atoms with Crippen LogP contribution >= 0.6 is 0 Å². The number of nitrogens with two attached hydrogens (primary N) is 1. The molecule has 1 atom stereocenters. The summed E-state index contributed by atoms with van der Waals surface area (Å²) in [5, 5.41) is 0.606. The molecule has 1 heterocycles. The molecule has 1 aromatic heterocycles. The van der Waals surface area contributed by atoms with Crippen LogP contribution < -0.4 is 10.5 Å². The molecule has 6 heteroatoms. The maximum Gasteiger partial charge on any atom is 0.242 e. The van der Waals surface area contributed by atoms with Crippen LogP contribution in [-0.2, 0) is 10.0 Å². The summed E-state index contributed by atoms with van der Waals surface area (Å²) in [5.41, 5.74) is 6.92. The number of nitrogens with one attached hydrogen (secondary N) is 2. The molecule has 5 nitrogen and oxygen atoms in total. The van der Waals surface area contributed by atoms with Crippen molar-refractivity contribution < 1.29 is 8.42 Å². The van der Waals surface area contributed by atoms with Crippen LogP contribution in [0.2, 0.25) is 0 Å². The van der Waals surface area contributed by atoms with Gasteiger partial charge in [-0.3, -0.25) is 0 Å². The van der Waals surface area contributed by atoms with Crippen LogP contribution in [0.1, 0.15) is 13.3 Å². The van der Waals surface area contributed by atoms with E-state index in [0.29, 0.717) is 23.0 Å². The van der Waals surface area contributed by atoms with Crippen molar-refractivity contribution in [1.82, 2.24) is 9.71 Å². The number of terminal acetylenes is 1. The molecule has 0 radical (unpaired) electrons. The van der Waals surface area contributed by atoms with Crippen molar-refractivity contribution in [3.63, 3.8) is 0 Å². The number of rotatable bonds is 4. The maximum atomic E-state index is 12.2. The molecule has 0 bridgehead atoms. The predicted octanol–water partition coefficient (Wildman–Crippen LogP) is 1.44. The van der Waals surface area contributed by atoms with Crippen molar-refractivity contribution in [3.05, 3.63) is 24.4 Å². The fourth-order valence-corrected chi connectivity index (χ4v) is 3.31. The summed E-state index contributed by atoms with van der Waals surface area (Å²) in [7, 11) is -3.60. The lowest BCUT2D eigenvalue weighted by atomic mass is 10.2. The Kier molecular flexibility index (Phi) is 3.51. The lowest BCUT2D eigenvalue weighted by Crippen LogP contribution is -2.32. The minimum Gasteiger partial charge on any atom is -0.399 e. The monoisotopic (exact) mass is 277 g/mol. The van der Waals surface area contributed by atoms with Gasteiger partial charge < -0.3 is 10.7 Å². The number of hydrogen-bond donors (Lipinski definition) is 3. The molecule has 0 saturated heterocycles. The topological polar surface area (TPSA) is 88.0 Å². The van der Waals surface area contributed by atoms with Gasteiger partial charge in [0.15, 0.2) is 0 Å². The first-order chi connectivity index (χ1) is 8.94. The van der Waals surface area contributed by atoms with Crippen molar-refractivity contribution in [2.24, 2.45) is 0 Å². The molecular weight excluding hydrogens is 262 g/mol. The lowest BCUT2D eigenvalue weighted by molar-refractivity contribution is 0.564. The fraction of sp³-hybridized carbons (Fsp3) is 0.231. The van der Waals surface area contributed by atoms with Crippen LogP contribution in [0.5, 0.6) is 0 Å². The zero-order valence-corrected chi connectivity index (χ0v) is 11.3. The van der Waals surface area contributed by atoms with E-state index in [2.05, 4.69) is 15.6 Å². The zero-order valence-electron chi connectivity index (χ0n) is 10.5. The Morgan fingerprint density at radius 2 is 2.26 bits per heavy atom. The van der Waals surface area contributed by atoms with Crippen molar-refractivity contribution in [2.75, 3.05) is 5.73 Å². The Bertz CT molecular complexity index is 741. The molecule has 1 aromatic carbocycles. The Labute approximate surface area is 112 Å². The van der Waals surface area contributed by atoms with Gasteiger partial charge in [0.05, 0.1) is 0 Å². The number of benzene rings is 1. The third kappa shape index (κ3) is 2.72. The zero-order chi connectivity index (χ0) is 14.0. The number of H-pyrrole nitrogens is 1. The van der Waals surface area contributed by atoms with E-state index >= 15 is 0 Å². The van der Waals surface area contributed by atoms with Crippen LogP contribution in [0.15, 0.2) is 29.3 Å². The first-order valence-corrected chi connectivity index (χ1v) is 7.25. The van der Waals surface area contributed by atoms with Gasteiger partial charge >= 0.3 is 0 Å². The van der Waals surface area contributed by atoms with Gasteiger partial charge in [0.2, 0.25) is 10.0 Å². The highest BCUT2D eigenvalue weighted by molar-refractivity contribution is 7.89. The van der Waals surface area contributed by atoms with E-state index in [1.54, 1.807) is 25.1 Å². The molecule has 1 unspecified atom stereocenters. The SMILES string of the molecule is C#CCC(C)NS(=O)(=O)c1c[nH]c2cc(N)ccc12. The largest absolute Gasteiger partial charge is 0.399 e. The highest BCUT2D eigenvalue weighted by Gasteiger charge is 2.20. The number of sulfonamides is 1. The number of nitrogen functional groups attached to an aromatic ring is 1. The van der Waals surface area contributed by atoms with E-state index in [0.717, 1.165) is 0 Å². The van der Waals surface area contributed by atoms with Gasteiger partial charge in [-0.2, -0.15) is 0 Å². The molecule has 0 saturated carbocycles. The Morgan fingerprint density at radius 3 is 2.95 bits per heavy atom. The molecule has 19 heavy (non-hydrogen) atoms. The lowest BCUT2D eigenvalue weighted by Gasteiger charge is -2.10. The molecule has 0 fully saturated rings. The van der Waals surface area contributed by atoms with E-state index in [1.165, 1.54) is 6.20 Å². The minimum atomic E-state index is -3.60. The molecule has 2 rings (SSSR count). The van der Waals surface area contributed by atoms with E-state index < -0.39 is 10.0 Å². The normalized spacial score (nSPS) is 13.3. The van der Waals surface area contributed by atoms with Crippen LogP contribution in [0, 0.1) is 12.3 Å². The van der Waals surface area contributed by atoms with E-state index in [-0.39, 0.29) is 10.9 Å². The van der Waals surface area contributed by atoms with Crippen LogP contribution in [0.25, 0.3) is 10.9 Å². The predicted molar refractivity (Wildman–Crippen MR) is 75.9 cm³/mol. The molecule has 0 amide bonds. The second-order valence-corrected chi connectivity index (χ2v) is 6.07. The summed E-state index contributed by atoms with van der Waals surface area (Å²) in [6, 6.07) is 4.73. The smallest absolute Gasteiger partial charge is 0.242 e. The van der Waals surface area contributed by atoms with E-state index in [4.69, 9.17) is 12.2 Å². The van der Waals surface area contributed by atoms with Gasteiger partial charge in [-0.25, -0.2) is 13.1 Å². The number of fused-ring (bicyclic) bond motifs is 1. The third-order valence-electron chi connectivity index (χ3n) is 2.74. The number of hydrogen-bond acceptors (Lipinski definition) is 3. The average molecular weight is 277 g/mol. The Hall–Kier alpha value is -1.97. The van der Waals surface area contributed by atoms with Crippen LogP contribution in [0.4, 0.5) is 5.69 Å². The molecule has 0 spiro atoms. The average Bonchev–Trinajstić information content (AvgIpc) is 2.71. The van der Waals surface area contributed by atoms with Crippen LogP contribution in [0.3, 0.4) is 0 Å². The fourth-order valence-electron chi connectivity index (χ4n) is 1.89. The van der Waals surface area contributed by atoms with Gasteiger partial charge in [-0.1, -0.05) is 0 Å². The molecule has 100 valence electrons. The number of aromatic nitrogens is 1. The number of anilines is 1. The highest BCUT2D eigenvalue weighted by Crippen LogP contribution is 2.24. The minimum absolute atomic E-state index is 0.200. The molecular formula is C13H15N3O2S. The second kappa shape index (κ2) is 4.96. The third-order valence-corrected chi connectivity index (χ3v) is 4.37. The summed E-state index contributed by atoms with van der Waals surface area (Å²) in [6.07, 6.45) is 6.96. The van der Waals surface area contributed by atoms with Crippen LogP contribution in [-0.4, -0.2) is 19.4 Å². The summed E-state index contributed by atoms with van der Waals surface area (Å²) in [6.45, 7) is 1.73. The van der Waals surface area contributed by atoms with Crippen molar-refractivity contribution in [1.29, 1.82) is 0 Å². The first-order valence-electron chi connectivity index (χ1n) is 5.76. The second-order valence-electron chi connectivity index (χ2n) is 4.39. The Morgan fingerprint density at radius 1 is 1.53 bits per heavy atom. The molecule has 0 aliphatic rings. The molecule has 4 N–H and O–H groups in total. The summed E-state index contributed by atoms with van der Waals surface area (Å²) < 4.78 is 27.0. The quantitative estimate of drug-likeness (QED) is 0.583. The molecule has 0 aliphatic carbocycles. The van der Waals surface area contributed by atoms with Crippen molar-refractivity contribution in [2.45, 2.75) is 24.3 Å². The summed E-state index contributed by atoms with van der Waals surface area (Å²) in [5.74, 6) is 2.43. The number of aromatic amines is 1. The summed E-state index contributed by atoms with van der Waals surface area (Å²) in [4.78, 5) is 3.10. The standard InChI is InChI=1S/C13H15N3O2S/c1-3-4-9(2)16-19(17,18)13-8-15-12-7-10(14)5-6-11(12)13/h1,5-9,15-16H,4,14H2,2H3. The van der Waals surface area contributed by atoms with Gasteiger partial charge in [0.25, 0.3) is 0 Å². The molecule has 0 aliphatic heterocycles. The van der Waals surface area contributed by atoms with Crippen molar-refractivity contribution >= 4 is 26.6 Å². The van der Waals surface area contributed by atoms with Gasteiger partial charge in [0.1, 0.15) is 4.90 Å². The van der Waals surface area contributed by atoms with E-state index in [1.807, 2.05) is 0 Å². The Balaban J connectivity index is 2.41. The van der Waals surface area contributed by atoms with Gasteiger partial charge in [0, 0.05) is 35.2 Å². The van der Waals surface area contributed by atoms with Crippen molar-refractivity contribution in [3.8, 4) is 12.3 Å². The van der Waals surface area contributed by atoms with E-state index in [9.17, 15) is 8.42 Å². The van der Waals surface area contributed by atoms with Gasteiger partial charge in [-0.15, -0.1) is 12.3 Å². The first kappa shape index (κ1) is 13.5.